The smallest absolute Gasteiger partial charge is 0.334 e. The van der Waals surface area contributed by atoms with Crippen molar-refractivity contribution in [2.75, 3.05) is 24.2 Å². The van der Waals surface area contributed by atoms with Crippen LogP contribution >= 0.6 is 23.1 Å². The van der Waals surface area contributed by atoms with Gasteiger partial charge >= 0.3 is 6.03 Å². The third-order valence-corrected chi connectivity index (χ3v) is 13.6. The van der Waals surface area contributed by atoms with Crippen molar-refractivity contribution in [1.82, 2.24) is 15.1 Å². The first-order valence-corrected chi connectivity index (χ1v) is 23.6. The van der Waals surface area contributed by atoms with Gasteiger partial charge in [0.1, 0.15) is 23.0 Å². The van der Waals surface area contributed by atoms with Crippen LogP contribution in [0.1, 0.15) is 51.5 Å². The van der Waals surface area contributed by atoms with E-state index in [1.165, 1.54) is 19.2 Å². The number of carbonyl (C=O) groups excluding carboxylic acids is 4. The highest BCUT2D eigenvalue weighted by atomic mass is 32.2. The number of barbiturate groups is 1. The number of likely N-dealkylation sites (N-methyl/N-ethyl adjacent to an activating group) is 1. The number of benzene rings is 4. The van der Waals surface area contributed by atoms with Crippen molar-refractivity contribution in [2.24, 2.45) is 0 Å². The maximum atomic E-state index is 14.1. The van der Waals surface area contributed by atoms with Crippen LogP contribution < -0.4 is 14.8 Å². The molecule has 0 aliphatic carbocycles. The largest absolute Gasteiger partial charge is 0.334 e. The fraction of sp³-hybridized carbons (Fsp3) is 0.255. The predicted octanol–water partition coefficient (Wildman–Crippen LogP) is 8.70. The van der Waals surface area contributed by atoms with E-state index in [0.717, 1.165) is 81.0 Å². The average Bonchev–Trinajstić information content (AvgIpc) is 3.79. The van der Waals surface area contributed by atoms with Gasteiger partial charge in [-0.05, 0) is 85.2 Å². The number of fused-ring (bicyclic) bond motifs is 4. The first-order valence-electron chi connectivity index (χ1n) is 20.4. The molecule has 0 bridgehead atoms. The summed E-state index contributed by atoms with van der Waals surface area (Å²) in [5.41, 5.74) is 4.58. The van der Waals surface area contributed by atoms with Crippen molar-refractivity contribution in [3.05, 3.63) is 130 Å². The minimum absolute atomic E-state index is 0.210. The van der Waals surface area contributed by atoms with Gasteiger partial charge in [-0.3, -0.25) is 28.7 Å². The molecule has 62 heavy (non-hydrogen) atoms. The van der Waals surface area contributed by atoms with Gasteiger partial charge in [-0.1, -0.05) is 109 Å². The van der Waals surface area contributed by atoms with Crippen LogP contribution in [0.5, 0.6) is 0 Å². The monoisotopic (exact) mass is 890 g/mol. The van der Waals surface area contributed by atoms with Crippen LogP contribution in [0.4, 0.5) is 10.5 Å². The zero-order valence-corrected chi connectivity index (χ0v) is 37.4. The third kappa shape index (κ3) is 9.60. The molecule has 2 aliphatic heterocycles. The Kier molecular flexibility index (Phi) is 13.6. The van der Waals surface area contributed by atoms with Crippen LogP contribution in [0.25, 0.3) is 38.2 Å². The number of aromatic nitrogens is 1. The van der Waals surface area contributed by atoms with Gasteiger partial charge in [-0.15, -0.1) is 0 Å². The lowest BCUT2D eigenvalue weighted by molar-refractivity contribution is -0.667. The summed E-state index contributed by atoms with van der Waals surface area (Å²) >= 11 is 3.16. The molecule has 15 heteroatoms. The second kappa shape index (κ2) is 19.0. The zero-order chi connectivity index (χ0) is 44.1. The molecule has 0 saturated carbocycles. The molecule has 0 spiro atoms. The molecule has 1 fully saturated rings. The van der Waals surface area contributed by atoms with Gasteiger partial charge in [0, 0.05) is 24.4 Å². The van der Waals surface area contributed by atoms with Gasteiger partial charge in [0.15, 0.2) is 6.54 Å². The normalized spacial score (nSPS) is 16.8. The number of anilines is 1. The summed E-state index contributed by atoms with van der Waals surface area (Å²) in [7, 11) is -2.87. The van der Waals surface area contributed by atoms with E-state index >= 15 is 0 Å². The molecule has 3 heterocycles. The van der Waals surface area contributed by atoms with Crippen LogP contribution in [0.2, 0.25) is 0 Å². The molecular weight excluding hydrogens is 843 g/mol. The topological polar surface area (TPSA) is 148 Å². The van der Waals surface area contributed by atoms with E-state index in [4.69, 9.17) is 0 Å². The molecule has 1 atom stereocenters. The summed E-state index contributed by atoms with van der Waals surface area (Å²) < 4.78 is 36.2. The van der Waals surface area contributed by atoms with Crippen molar-refractivity contribution >= 4 is 89.7 Å². The van der Waals surface area contributed by atoms with E-state index in [9.17, 15) is 32.1 Å². The molecule has 2 N–H and O–H groups in total. The van der Waals surface area contributed by atoms with Crippen LogP contribution in [0.3, 0.4) is 0 Å². The first kappa shape index (κ1) is 44.2. The quantitative estimate of drug-likeness (QED) is 0.0456. The highest BCUT2D eigenvalue weighted by Crippen LogP contribution is 2.49. The average molecular weight is 891 g/mol. The van der Waals surface area contributed by atoms with Crippen molar-refractivity contribution < 1.29 is 36.7 Å². The number of carbonyl (C=O) groups is 4. The number of thiazole rings is 1. The van der Waals surface area contributed by atoms with Crippen molar-refractivity contribution in [2.45, 2.75) is 64.1 Å². The van der Waals surface area contributed by atoms with E-state index < -0.39 is 46.6 Å². The van der Waals surface area contributed by atoms with Gasteiger partial charge < -0.3 is 10.2 Å². The van der Waals surface area contributed by atoms with Crippen molar-refractivity contribution in [1.29, 1.82) is 0 Å². The second-order valence-electron chi connectivity index (χ2n) is 15.1. The molecule has 4 aromatic carbocycles. The maximum Gasteiger partial charge on any atom is 0.334 e. The number of rotatable bonds is 15. The third-order valence-electron chi connectivity index (χ3n) is 10.6. The summed E-state index contributed by atoms with van der Waals surface area (Å²) in [4.78, 5) is 58.3. The number of amides is 5. The summed E-state index contributed by atoms with van der Waals surface area (Å²) in [6, 6.07) is 27.6. The SMILES string of the molecule is CC=CC=C1C(=O)N(C)C(=O)N(CC(=O)NC(CCCC)N2C(=CC(C)=Cc3sc4ccc5ccccc5c4[n+]3CCCS(=O)(=O)O)Sc3ccc(-c4ccccc4)cc32)C1=O. The minimum Gasteiger partial charge on any atom is -0.334 e. The fourth-order valence-corrected chi connectivity index (χ4v) is 10.5. The lowest BCUT2D eigenvalue weighted by Gasteiger charge is -2.34. The number of nitrogens with zero attached hydrogens (tertiary/aromatic N) is 4. The first-order chi connectivity index (χ1) is 29.8. The molecule has 12 nitrogen and oxygen atoms in total. The molecule has 5 amide bonds. The van der Waals surface area contributed by atoms with Gasteiger partial charge in [0.25, 0.3) is 26.9 Å². The lowest BCUT2D eigenvalue weighted by Crippen LogP contribution is -2.58. The van der Waals surface area contributed by atoms with E-state index in [1.54, 1.807) is 36.1 Å². The molecule has 0 radical (unpaired) electrons. The van der Waals surface area contributed by atoms with E-state index in [1.807, 2.05) is 55.5 Å². The number of thioether (sulfide) groups is 1. The Hall–Kier alpha value is -5.87. The van der Waals surface area contributed by atoms with E-state index in [0.29, 0.717) is 13.0 Å². The molecule has 1 saturated heterocycles. The Morgan fingerprint density at radius 2 is 1.71 bits per heavy atom. The van der Waals surface area contributed by atoms with Gasteiger partial charge in [-0.2, -0.15) is 13.0 Å². The Morgan fingerprint density at radius 3 is 2.45 bits per heavy atom. The number of hydrogen-bond acceptors (Lipinski definition) is 9. The Labute approximate surface area is 369 Å². The Balaban J connectivity index is 1.28. The number of allylic oxidation sites excluding steroid dienone is 5. The van der Waals surface area contributed by atoms with Crippen LogP contribution in [0.15, 0.2) is 130 Å². The van der Waals surface area contributed by atoms with Crippen molar-refractivity contribution in [3.8, 4) is 11.1 Å². The molecule has 5 aromatic rings. The fourth-order valence-electron chi connectivity index (χ4n) is 7.63. The van der Waals surface area contributed by atoms with Gasteiger partial charge in [0.05, 0.1) is 21.9 Å². The second-order valence-corrected chi connectivity index (χ2v) is 18.8. The molecule has 1 aromatic heterocycles. The Morgan fingerprint density at radius 1 is 0.952 bits per heavy atom. The molecule has 1 unspecified atom stereocenters. The van der Waals surface area contributed by atoms with Crippen LogP contribution in [-0.4, -0.2) is 72.0 Å². The van der Waals surface area contributed by atoms with Crippen LogP contribution in [0, 0.1) is 0 Å². The predicted molar refractivity (Wildman–Crippen MR) is 247 cm³/mol. The summed E-state index contributed by atoms with van der Waals surface area (Å²) in [6.45, 7) is 5.58. The highest BCUT2D eigenvalue weighted by molar-refractivity contribution is 8.03. The number of imide groups is 2. The number of nitrogens with one attached hydrogen (secondary N) is 1. The Bertz CT molecular complexity index is 2810. The number of unbranched alkanes of at least 4 members (excludes halogenated alkanes) is 1. The minimum atomic E-state index is -4.16. The number of hydrogen-bond donors (Lipinski definition) is 2. The molecular formula is C47H48N5O7S3+. The standard InChI is InChI=1S/C47H47N5O7S3/c1-5-7-18-36-45(54)49(4)47(56)51(46(36)55)30-41(53)48-40(20-8-6-2)52-37-29-34(32-15-10-9-11-16-32)22-23-38(37)60-43(52)28-31(3)27-42-50(25-14-26-62(57,58)59)44-35-19-13-12-17-33(35)21-24-39(44)61-42/h5,7,9-13,15-19,21-24,27-29,40H,6,8,14,20,25-26,30H2,1-4H3,(H-,48,53,57,58,59)/p+1. The molecule has 320 valence electrons. The van der Waals surface area contributed by atoms with Crippen molar-refractivity contribution in [3.63, 3.8) is 0 Å². The summed E-state index contributed by atoms with van der Waals surface area (Å²) in [5.74, 6) is -2.50. The van der Waals surface area contributed by atoms with Gasteiger partial charge in [-0.25, -0.2) is 4.79 Å². The van der Waals surface area contributed by atoms with E-state index in [2.05, 4.69) is 70.3 Å². The lowest BCUT2D eigenvalue weighted by atomic mass is 10.0. The van der Waals surface area contributed by atoms with E-state index in [-0.39, 0.29) is 17.7 Å². The summed E-state index contributed by atoms with van der Waals surface area (Å²) in [5, 5.41) is 7.00. The number of urea groups is 1. The summed E-state index contributed by atoms with van der Waals surface area (Å²) in [6.07, 6.45) is 10.5. The van der Waals surface area contributed by atoms with Gasteiger partial charge in [0.2, 0.25) is 11.4 Å². The molecule has 7 rings (SSSR count). The van der Waals surface area contributed by atoms with Crippen LogP contribution in [-0.2, 0) is 31.0 Å². The maximum absolute atomic E-state index is 14.1. The zero-order valence-electron chi connectivity index (χ0n) is 34.9. The highest BCUT2D eigenvalue weighted by Gasteiger charge is 2.41. The number of aryl methyl sites for hydroxylation is 1. The molecule has 2 aliphatic rings.